The summed E-state index contributed by atoms with van der Waals surface area (Å²) in [5.74, 6) is -0.519. The van der Waals surface area contributed by atoms with Gasteiger partial charge in [0, 0.05) is 18.4 Å². The third kappa shape index (κ3) is 3.92. The molecule has 3 aromatic rings. The molecule has 2 aromatic heterocycles. The van der Waals surface area contributed by atoms with Gasteiger partial charge < -0.3 is 14.0 Å². The van der Waals surface area contributed by atoms with Crippen LogP contribution in [0.2, 0.25) is 0 Å². The van der Waals surface area contributed by atoms with Crippen LogP contribution in [-0.2, 0) is 24.4 Å². The van der Waals surface area contributed by atoms with E-state index in [1.165, 1.54) is 16.7 Å². The topological polar surface area (TPSA) is 62.5 Å². The van der Waals surface area contributed by atoms with Gasteiger partial charge in [0.1, 0.15) is 5.39 Å². The summed E-state index contributed by atoms with van der Waals surface area (Å²) in [6.07, 6.45) is -4.03. The fraction of sp³-hybridized carbons (Fsp3) is 0.364. The number of carbonyl (C=O) groups excluding carboxylic acids is 1. The zero-order valence-corrected chi connectivity index (χ0v) is 17.7. The first-order valence-corrected chi connectivity index (χ1v) is 9.90. The SMILES string of the molecule is CCOC(=O)c1c(OCC)c2c(=O)n(-c3ccc(C(F)(F)F)cc3)c(CC)cc2n1C. The molecule has 9 heteroatoms. The smallest absolute Gasteiger partial charge is 0.416 e. The molecule has 0 saturated carbocycles. The van der Waals surface area contributed by atoms with Crippen LogP contribution in [0.3, 0.4) is 0 Å². The Bertz CT molecular complexity index is 1170. The molecular weight excluding hydrogens is 413 g/mol. The highest BCUT2D eigenvalue weighted by molar-refractivity contribution is 6.01. The molecule has 0 N–H and O–H groups in total. The molecule has 0 bridgehead atoms. The van der Waals surface area contributed by atoms with Gasteiger partial charge in [-0.3, -0.25) is 9.36 Å². The summed E-state index contributed by atoms with van der Waals surface area (Å²) in [5.41, 5.74) is 0.183. The quantitative estimate of drug-likeness (QED) is 0.535. The van der Waals surface area contributed by atoms with E-state index in [1.54, 1.807) is 31.5 Å². The van der Waals surface area contributed by atoms with Crippen molar-refractivity contribution in [1.29, 1.82) is 0 Å². The van der Waals surface area contributed by atoms with Crippen LogP contribution in [0.15, 0.2) is 35.1 Å². The van der Waals surface area contributed by atoms with Gasteiger partial charge in [-0.05, 0) is 50.6 Å². The van der Waals surface area contributed by atoms with Gasteiger partial charge in [0.2, 0.25) is 0 Å². The zero-order valence-electron chi connectivity index (χ0n) is 17.7. The van der Waals surface area contributed by atoms with Crippen molar-refractivity contribution < 1.29 is 27.4 Å². The van der Waals surface area contributed by atoms with Gasteiger partial charge in [-0.25, -0.2) is 4.79 Å². The Morgan fingerprint density at radius 3 is 2.23 bits per heavy atom. The van der Waals surface area contributed by atoms with Gasteiger partial charge in [0.05, 0.1) is 24.3 Å². The van der Waals surface area contributed by atoms with E-state index in [2.05, 4.69) is 0 Å². The molecule has 166 valence electrons. The Kier molecular flexibility index (Phi) is 6.15. The van der Waals surface area contributed by atoms with E-state index < -0.39 is 23.3 Å². The Balaban J connectivity index is 2.34. The van der Waals surface area contributed by atoms with E-state index in [0.29, 0.717) is 23.3 Å². The average molecular weight is 436 g/mol. The van der Waals surface area contributed by atoms with Crippen LogP contribution in [0.4, 0.5) is 13.2 Å². The Morgan fingerprint density at radius 1 is 1.06 bits per heavy atom. The minimum absolute atomic E-state index is 0.103. The van der Waals surface area contributed by atoms with E-state index in [0.717, 1.165) is 12.1 Å². The molecule has 0 atom stereocenters. The predicted octanol–water partition coefficient (Wildman–Crippen LogP) is 4.49. The van der Waals surface area contributed by atoms with E-state index in [1.807, 2.05) is 6.92 Å². The van der Waals surface area contributed by atoms with Crippen LogP contribution in [0.5, 0.6) is 5.75 Å². The first kappa shape index (κ1) is 22.5. The highest BCUT2D eigenvalue weighted by atomic mass is 19.4. The summed E-state index contributed by atoms with van der Waals surface area (Å²) in [6, 6.07) is 6.11. The predicted molar refractivity (Wildman–Crippen MR) is 110 cm³/mol. The van der Waals surface area contributed by atoms with Crippen molar-refractivity contribution in [2.24, 2.45) is 7.05 Å². The summed E-state index contributed by atoms with van der Waals surface area (Å²) in [6.45, 7) is 5.60. The molecule has 2 heterocycles. The second-order valence-corrected chi connectivity index (χ2v) is 6.82. The number of pyridine rings is 1. The maximum Gasteiger partial charge on any atom is 0.416 e. The molecule has 0 amide bonds. The van der Waals surface area contributed by atoms with Gasteiger partial charge in [-0.1, -0.05) is 6.92 Å². The zero-order chi connectivity index (χ0) is 22.9. The summed E-state index contributed by atoms with van der Waals surface area (Å²) >= 11 is 0. The third-order valence-corrected chi connectivity index (χ3v) is 4.98. The van der Waals surface area contributed by atoms with Gasteiger partial charge in [-0.2, -0.15) is 13.2 Å². The number of halogens is 3. The van der Waals surface area contributed by atoms with Crippen molar-refractivity contribution in [2.45, 2.75) is 33.4 Å². The van der Waals surface area contributed by atoms with Crippen LogP contribution >= 0.6 is 0 Å². The van der Waals surface area contributed by atoms with Crippen LogP contribution in [0.25, 0.3) is 16.6 Å². The molecule has 0 aliphatic rings. The lowest BCUT2D eigenvalue weighted by molar-refractivity contribution is -0.137. The summed E-state index contributed by atoms with van der Waals surface area (Å²) < 4.78 is 52.5. The standard InChI is InChI=1S/C22H23F3N2O4/c1-5-14-12-16-17(19(30-6-2)18(26(16)4)21(29)31-7-3)20(28)27(14)15-10-8-13(9-11-15)22(23,24)25/h8-12H,5-7H2,1-4H3. The summed E-state index contributed by atoms with van der Waals surface area (Å²) in [4.78, 5) is 26.1. The number of fused-ring (bicyclic) bond motifs is 1. The molecule has 0 aliphatic carbocycles. The number of nitrogens with zero attached hydrogens (tertiary/aromatic N) is 2. The van der Waals surface area contributed by atoms with Crippen LogP contribution in [0, 0.1) is 0 Å². The average Bonchev–Trinajstić information content (AvgIpc) is 2.99. The van der Waals surface area contributed by atoms with Gasteiger partial charge >= 0.3 is 12.1 Å². The molecule has 1 aromatic carbocycles. The number of benzene rings is 1. The number of carbonyl (C=O) groups is 1. The highest BCUT2D eigenvalue weighted by Crippen LogP contribution is 2.33. The lowest BCUT2D eigenvalue weighted by Crippen LogP contribution is -2.22. The fourth-order valence-corrected chi connectivity index (χ4v) is 3.57. The first-order valence-electron chi connectivity index (χ1n) is 9.90. The van der Waals surface area contributed by atoms with E-state index in [9.17, 15) is 22.8 Å². The van der Waals surface area contributed by atoms with E-state index >= 15 is 0 Å². The first-order chi connectivity index (χ1) is 14.6. The molecule has 0 radical (unpaired) electrons. The van der Waals surface area contributed by atoms with Gasteiger partial charge in [0.25, 0.3) is 5.56 Å². The molecule has 0 saturated heterocycles. The normalized spacial score (nSPS) is 11.7. The minimum atomic E-state index is -4.48. The van der Waals surface area contributed by atoms with E-state index in [4.69, 9.17) is 9.47 Å². The number of rotatable bonds is 6. The van der Waals surface area contributed by atoms with Crippen molar-refractivity contribution in [1.82, 2.24) is 9.13 Å². The number of hydrogen-bond donors (Lipinski definition) is 0. The van der Waals surface area contributed by atoms with Crippen LogP contribution in [0.1, 0.15) is 42.5 Å². The third-order valence-electron chi connectivity index (χ3n) is 4.98. The number of ether oxygens (including phenoxy) is 2. The Labute approximate surface area is 176 Å². The maximum atomic E-state index is 13.5. The lowest BCUT2D eigenvalue weighted by atomic mass is 10.1. The highest BCUT2D eigenvalue weighted by Gasteiger charge is 2.31. The molecule has 6 nitrogen and oxygen atoms in total. The second-order valence-electron chi connectivity index (χ2n) is 6.82. The molecule has 0 aliphatic heterocycles. The maximum absolute atomic E-state index is 13.5. The fourth-order valence-electron chi connectivity index (χ4n) is 3.57. The van der Waals surface area contributed by atoms with Crippen LogP contribution in [-0.4, -0.2) is 28.3 Å². The minimum Gasteiger partial charge on any atom is -0.490 e. The molecular formula is C22H23F3N2O4. The number of hydrogen-bond acceptors (Lipinski definition) is 4. The number of alkyl halides is 3. The van der Waals surface area contributed by atoms with Gasteiger partial charge in [-0.15, -0.1) is 0 Å². The largest absolute Gasteiger partial charge is 0.490 e. The van der Waals surface area contributed by atoms with E-state index in [-0.39, 0.29) is 30.0 Å². The number of esters is 1. The molecule has 0 fully saturated rings. The van der Waals surface area contributed by atoms with Crippen molar-refractivity contribution in [3.63, 3.8) is 0 Å². The summed E-state index contributed by atoms with van der Waals surface area (Å²) in [5, 5.41) is 0.171. The van der Waals surface area contributed by atoms with Crippen molar-refractivity contribution in [2.75, 3.05) is 13.2 Å². The monoisotopic (exact) mass is 436 g/mol. The summed E-state index contributed by atoms with van der Waals surface area (Å²) in [7, 11) is 1.64. The molecule has 3 rings (SSSR count). The molecule has 0 spiro atoms. The van der Waals surface area contributed by atoms with Gasteiger partial charge in [0.15, 0.2) is 11.4 Å². The number of aromatic nitrogens is 2. The van der Waals surface area contributed by atoms with Crippen molar-refractivity contribution in [3.05, 3.63) is 57.6 Å². The van der Waals surface area contributed by atoms with Crippen molar-refractivity contribution >= 4 is 16.9 Å². The second kappa shape index (κ2) is 8.49. The van der Waals surface area contributed by atoms with Crippen molar-refractivity contribution in [3.8, 4) is 11.4 Å². The molecule has 31 heavy (non-hydrogen) atoms. The Morgan fingerprint density at radius 2 is 1.71 bits per heavy atom. The van der Waals surface area contributed by atoms with Crippen LogP contribution < -0.4 is 10.3 Å². The molecule has 0 unspecified atom stereocenters. The number of aryl methyl sites for hydroxylation is 2. The lowest BCUT2D eigenvalue weighted by Gasteiger charge is -2.14. The Hall–Kier alpha value is -3.23.